The Kier molecular flexibility index (Phi) is 5.06. The highest BCUT2D eigenvalue weighted by Gasteiger charge is 2.16. The van der Waals surface area contributed by atoms with Crippen LogP contribution >= 0.6 is 0 Å². The third-order valence-electron chi connectivity index (χ3n) is 2.10. The molecule has 1 heterocycles. The summed E-state index contributed by atoms with van der Waals surface area (Å²) in [6, 6.07) is 0. The lowest BCUT2D eigenvalue weighted by Gasteiger charge is -2.25. The Morgan fingerprint density at radius 3 is 2.64 bits per heavy atom. The predicted octanol–water partition coefficient (Wildman–Crippen LogP) is -1.87. The lowest BCUT2D eigenvalue weighted by atomic mass is 10.4. The minimum atomic E-state index is -0.674. The monoisotopic (exact) mass is 219 g/mol. The normalized spacial score (nSPS) is 19.5. The zero-order valence-corrected chi connectivity index (χ0v) is 9.02. The Bertz CT molecular complexity index is 213. The quantitative estimate of drug-likeness (QED) is 0.580. The maximum Gasteiger partial charge on any atom is 0.234 e. The second kappa shape index (κ2) is 6.10. The minimum absolute atomic E-state index is 0.00290. The average Bonchev–Trinajstić information content (AvgIpc) is 2.18. The first-order valence-electron chi connectivity index (χ1n) is 4.76. The average molecular weight is 219 g/mol. The summed E-state index contributed by atoms with van der Waals surface area (Å²) in [7, 11) is -0.674. The molecule has 1 saturated heterocycles. The summed E-state index contributed by atoms with van der Waals surface area (Å²) < 4.78 is 11.0. The van der Waals surface area contributed by atoms with E-state index in [4.69, 9.17) is 5.73 Å². The zero-order valence-electron chi connectivity index (χ0n) is 8.20. The van der Waals surface area contributed by atoms with Gasteiger partial charge in [-0.2, -0.15) is 0 Å². The molecular formula is C8H17N3O2S. The Morgan fingerprint density at radius 1 is 1.43 bits per heavy atom. The number of rotatable bonds is 4. The molecule has 0 aliphatic carbocycles. The van der Waals surface area contributed by atoms with Gasteiger partial charge in [0.15, 0.2) is 0 Å². The van der Waals surface area contributed by atoms with Crippen LogP contribution in [0.4, 0.5) is 0 Å². The third-order valence-corrected chi connectivity index (χ3v) is 3.38. The van der Waals surface area contributed by atoms with Crippen molar-refractivity contribution in [2.75, 3.05) is 44.2 Å². The first kappa shape index (κ1) is 11.6. The molecule has 0 aromatic rings. The van der Waals surface area contributed by atoms with E-state index in [1.54, 1.807) is 0 Å². The van der Waals surface area contributed by atoms with Gasteiger partial charge in [-0.05, 0) is 0 Å². The number of nitrogens with zero attached hydrogens (tertiary/aromatic N) is 1. The summed E-state index contributed by atoms with van der Waals surface area (Å²) in [5.74, 6) is 1.37. The fraction of sp³-hybridized carbons (Fsp3) is 0.875. The summed E-state index contributed by atoms with van der Waals surface area (Å²) in [6.45, 7) is 2.90. The summed E-state index contributed by atoms with van der Waals surface area (Å²) in [5, 5.41) is 2.71. The lowest BCUT2D eigenvalue weighted by molar-refractivity contribution is -0.122. The van der Waals surface area contributed by atoms with Crippen LogP contribution in [0.3, 0.4) is 0 Å². The van der Waals surface area contributed by atoms with Crippen molar-refractivity contribution in [2.24, 2.45) is 5.73 Å². The largest absolute Gasteiger partial charge is 0.354 e. The predicted molar refractivity (Wildman–Crippen MR) is 56.4 cm³/mol. The van der Waals surface area contributed by atoms with Crippen LogP contribution in [-0.4, -0.2) is 59.2 Å². The molecule has 0 aromatic heterocycles. The van der Waals surface area contributed by atoms with Crippen LogP contribution in [0.2, 0.25) is 0 Å². The van der Waals surface area contributed by atoms with Crippen LogP contribution in [0.1, 0.15) is 0 Å². The van der Waals surface area contributed by atoms with Crippen LogP contribution in [-0.2, 0) is 15.6 Å². The number of hydrogen-bond acceptors (Lipinski definition) is 4. The molecule has 0 saturated carbocycles. The van der Waals surface area contributed by atoms with E-state index in [0.29, 0.717) is 31.1 Å². The minimum Gasteiger partial charge on any atom is -0.354 e. The van der Waals surface area contributed by atoms with Crippen molar-refractivity contribution in [1.82, 2.24) is 10.2 Å². The number of nitrogens with one attached hydrogen (secondary N) is 1. The molecule has 3 N–H and O–H groups in total. The second-order valence-corrected chi connectivity index (χ2v) is 4.96. The van der Waals surface area contributed by atoms with Gasteiger partial charge in [0, 0.05) is 48.5 Å². The van der Waals surface area contributed by atoms with E-state index < -0.39 is 10.8 Å². The second-order valence-electron chi connectivity index (χ2n) is 3.26. The van der Waals surface area contributed by atoms with Gasteiger partial charge in [0.1, 0.15) is 0 Å². The van der Waals surface area contributed by atoms with Crippen molar-refractivity contribution in [2.45, 2.75) is 0 Å². The van der Waals surface area contributed by atoms with Crippen molar-refractivity contribution < 1.29 is 9.00 Å². The van der Waals surface area contributed by atoms with E-state index in [0.717, 1.165) is 13.1 Å². The first-order chi connectivity index (χ1) is 6.72. The van der Waals surface area contributed by atoms with Crippen molar-refractivity contribution >= 4 is 16.7 Å². The van der Waals surface area contributed by atoms with Gasteiger partial charge in [-0.3, -0.25) is 13.9 Å². The van der Waals surface area contributed by atoms with Crippen molar-refractivity contribution in [3.8, 4) is 0 Å². The molecule has 0 atom stereocenters. The molecular weight excluding hydrogens is 202 g/mol. The number of carbonyl (C=O) groups excluding carboxylic acids is 1. The van der Waals surface area contributed by atoms with E-state index in [9.17, 15) is 9.00 Å². The molecule has 0 radical (unpaired) electrons. The maximum absolute atomic E-state index is 11.3. The van der Waals surface area contributed by atoms with E-state index in [-0.39, 0.29) is 5.91 Å². The van der Waals surface area contributed by atoms with E-state index >= 15 is 0 Å². The molecule has 0 unspecified atom stereocenters. The molecule has 82 valence electrons. The zero-order chi connectivity index (χ0) is 10.4. The Balaban J connectivity index is 2.17. The van der Waals surface area contributed by atoms with E-state index in [2.05, 4.69) is 5.32 Å². The van der Waals surface area contributed by atoms with Gasteiger partial charge >= 0.3 is 0 Å². The third kappa shape index (κ3) is 4.17. The highest BCUT2D eigenvalue weighted by Crippen LogP contribution is 1.98. The topological polar surface area (TPSA) is 75.4 Å². The Hall–Kier alpha value is -0.460. The van der Waals surface area contributed by atoms with Gasteiger partial charge < -0.3 is 11.1 Å². The van der Waals surface area contributed by atoms with Gasteiger partial charge in [0.05, 0.1) is 6.54 Å². The van der Waals surface area contributed by atoms with Crippen molar-refractivity contribution in [3.63, 3.8) is 0 Å². The Labute approximate surface area is 86.5 Å². The molecule has 0 spiro atoms. The van der Waals surface area contributed by atoms with Crippen LogP contribution in [0.25, 0.3) is 0 Å². The smallest absolute Gasteiger partial charge is 0.234 e. The SMILES string of the molecule is NCCNC(=O)CN1CCS(=O)CC1. The van der Waals surface area contributed by atoms with Crippen molar-refractivity contribution in [3.05, 3.63) is 0 Å². The number of nitrogens with two attached hydrogens (primary N) is 1. The highest BCUT2D eigenvalue weighted by molar-refractivity contribution is 7.85. The van der Waals surface area contributed by atoms with Crippen LogP contribution in [0.15, 0.2) is 0 Å². The number of hydrogen-bond donors (Lipinski definition) is 2. The molecule has 1 fully saturated rings. The van der Waals surface area contributed by atoms with Crippen LogP contribution in [0, 0.1) is 0 Å². The molecule has 1 aliphatic rings. The molecule has 0 aromatic carbocycles. The van der Waals surface area contributed by atoms with Gasteiger partial charge in [0.25, 0.3) is 0 Å². The molecule has 1 aliphatic heterocycles. The highest BCUT2D eigenvalue weighted by atomic mass is 32.2. The number of carbonyl (C=O) groups is 1. The maximum atomic E-state index is 11.3. The van der Waals surface area contributed by atoms with Gasteiger partial charge in [-0.25, -0.2) is 0 Å². The van der Waals surface area contributed by atoms with E-state index in [1.165, 1.54) is 0 Å². The van der Waals surface area contributed by atoms with E-state index in [1.807, 2.05) is 4.90 Å². The van der Waals surface area contributed by atoms with Gasteiger partial charge in [-0.15, -0.1) is 0 Å². The summed E-state index contributed by atoms with van der Waals surface area (Å²) in [4.78, 5) is 13.3. The lowest BCUT2D eigenvalue weighted by Crippen LogP contribution is -2.44. The fourth-order valence-electron chi connectivity index (χ4n) is 1.30. The molecule has 6 heteroatoms. The van der Waals surface area contributed by atoms with Gasteiger partial charge in [-0.1, -0.05) is 0 Å². The summed E-state index contributed by atoms with van der Waals surface area (Å²) >= 11 is 0. The molecule has 14 heavy (non-hydrogen) atoms. The van der Waals surface area contributed by atoms with Crippen molar-refractivity contribution in [1.29, 1.82) is 0 Å². The molecule has 0 bridgehead atoms. The van der Waals surface area contributed by atoms with Crippen LogP contribution < -0.4 is 11.1 Å². The molecule has 1 rings (SSSR count). The standard InChI is InChI=1S/C8H17N3O2S/c9-1-2-10-8(12)7-11-3-5-14(13)6-4-11/h1-7,9H2,(H,10,12). The summed E-state index contributed by atoms with van der Waals surface area (Å²) in [6.07, 6.45) is 0. The first-order valence-corrected chi connectivity index (χ1v) is 6.25. The fourth-order valence-corrected chi connectivity index (χ4v) is 2.43. The van der Waals surface area contributed by atoms with Crippen LogP contribution in [0.5, 0.6) is 0 Å². The van der Waals surface area contributed by atoms with Gasteiger partial charge in [0.2, 0.25) is 5.91 Å². The molecule has 1 amide bonds. The number of amides is 1. The summed E-state index contributed by atoms with van der Waals surface area (Å²) in [5.41, 5.74) is 5.26. The molecule has 5 nitrogen and oxygen atoms in total. The Morgan fingerprint density at radius 2 is 2.07 bits per heavy atom.